The molecule has 0 fully saturated rings. The average Bonchev–Trinajstić information content (AvgIpc) is 2.41. The van der Waals surface area contributed by atoms with Crippen molar-refractivity contribution in [2.75, 3.05) is 5.32 Å². The molecule has 0 aromatic heterocycles. The summed E-state index contributed by atoms with van der Waals surface area (Å²) < 4.78 is 1.11. The van der Waals surface area contributed by atoms with Crippen LogP contribution in [0.5, 0.6) is 0 Å². The van der Waals surface area contributed by atoms with Crippen molar-refractivity contribution >= 4 is 63.1 Å². The van der Waals surface area contributed by atoms with Crippen molar-refractivity contribution in [2.45, 2.75) is 19.4 Å². The van der Waals surface area contributed by atoms with Crippen molar-refractivity contribution in [3.63, 3.8) is 0 Å². The molecular weight excluding hydrogens is 427 g/mol. The van der Waals surface area contributed by atoms with Crippen molar-refractivity contribution in [3.8, 4) is 0 Å². The van der Waals surface area contributed by atoms with E-state index in [1.54, 1.807) is 0 Å². The van der Waals surface area contributed by atoms with Gasteiger partial charge in [-0.3, -0.25) is 0 Å². The summed E-state index contributed by atoms with van der Waals surface area (Å²) >= 11 is 20.5. The fourth-order valence-electron chi connectivity index (χ4n) is 1.94. The Morgan fingerprint density at radius 1 is 1.00 bits per heavy atom. The molecule has 1 atom stereocenters. The summed E-state index contributed by atoms with van der Waals surface area (Å²) in [5.41, 5.74) is 2.02. The van der Waals surface area contributed by atoms with E-state index in [1.807, 2.05) is 36.4 Å². The zero-order chi connectivity index (χ0) is 14.7. The number of anilines is 1. The van der Waals surface area contributed by atoms with Crippen LogP contribution in [0.15, 0.2) is 36.4 Å². The quantitative estimate of drug-likeness (QED) is 0.515. The van der Waals surface area contributed by atoms with Crippen LogP contribution in [0, 0.1) is 3.57 Å². The molecule has 5 heteroatoms. The fraction of sp³-hybridized carbons (Fsp3) is 0.200. The highest BCUT2D eigenvalue weighted by molar-refractivity contribution is 14.1. The van der Waals surface area contributed by atoms with Crippen LogP contribution in [0.3, 0.4) is 0 Å². The van der Waals surface area contributed by atoms with E-state index >= 15 is 0 Å². The normalized spacial score (nSPS) is 12.2. The lowest BCUT2D eigenvalue weighted by atomic mass is 10.0. The SMILES string of the molecule is CCC(Nc1ccc(I)cc1Cl)c1ccc(Cl)c(Cl)c1. The lowest BCUT2D eigenvalue weighted by Crippen LogP contribution is -2.10. The van der Waals surface area contributed by atoms with Crippen LogP contribution in [-0.4, -0.2) is 0 Å². The van der Waals surface area contributed by atoms with Gasteiger partial charge in [-0.05, 0) is 64.9 Å². The monoisotopic (exact) mass is 439 g/mol. The summed E-state index contributed by atoms with van der Waals surface area (Å²) in [5, 5.41) is 5.30. The van der Waals surface area contributed by atoms with E-state index in [0.717, 1.165) is 26.3 Å². The highest BCUT2D eigenvalue weighted by Crippen LogP contribution is 2.31. The van der Waals surface area contributed by atoms with Gasteiger partial charge in [-0.25, -0.2) is 0 Å². The standard InChI is InChI=1S/C15H13Cl3IN/c1-2-14(9-3-5-11(16)12(17)7-9)20-15-6-4-10(19)8-13(15)18/h3-8,14,20H,2H2,1H3. The van der Waals surface area contributed by atoms with Gasteiger partial charge in [-0.2, -0.15) is 0 Å². The molecule has 0 aliphatic heterocycles. The number of nitrogens with one attached hydrogen (secondary N) is 1. The smallest absolute Gasteiger partial charge is 0.0648 e. The number of rotatable bonds is 4. The van der Waals surface area contributed by atoms with Crippen LogP contribution < -0.4 is 5.32 Å². The van der Waals surface area contributed by atoms with Crippen LogP contribution in [0.1, 0.15) is 24.9 Å². The van der Waals surface area contributed by atoms with E-state index in [9.17, 15) is 0 Å². The second-order valence-electron chi connectivity index (χ2n) is 4.40. The van der Waals surface area contributed by atoms with E-state index in [2.05, 4.69) is 34.8 Å². The topological polar surface area (TPSA) is 12.0 Å². The van der Waals surface area contributed by atoms with Gasteiger partial charge < -0.3 is 5.32 Å². The van der Waals surface area contributed by atoms with E-state index in [0.29, 0.717) is 10.0 Å². The van der Waals surface area contributed by atoms with Gasteiger partial charge in [0.15, 0.2) is 0 Å². The molecule has 106 valence electrons. The molecule has 0 aliphatic carbocycles. The molecule has 2 aromatic rings. The molecule has 0 aliphatic rings. The Kier molecular flexibility index (Phi) is 5.84. The molecule has 0 amide bonds. The maximum absolute atomic E-state index is 6.26. The van der Waals surface area contributed by atoms with Gasteiger partial charge in [0.05, 0.1) is 26.8 Å². The van der Waals surface area contributed by atoms with Crippen molar-refractivity contribution < 1.29 is 0 Å². The largest absolute Gasteiger partial charge is 0.377 e. The Morgan fingerprint density at radius 3 is 2.35 bits per heavy atom. The van der Waals surface area contributed by atoms with Crippen LogP contribution in [0.25, 0.3) is 0 Å². The zero-order valence-corrected chi connectivity index (χ0v) is 15.2. The van der Waals surface area contributed by atoms with E-state index in [4.69, 9.17) is 34.8 Å². The first-order valence-electron chi connectivity index (χ1n) is 6.17. The first kappa shape index (κ1) is 16.2. The van der Waals surface area contributed by atoms with Gasteiger partial charge in [0, 0.05) is 3.57 Å². The molecule has 0 heterocycles. The highest BCUT2D eigenvalue weighted by atomic mass is 127. The second-order valence-corrected chi connectivity index (χ2v) is 6.87. The molecule has 0 saturated carbocycles. The van der Waals surface area contributed by atoms with Gasteiger partial charge in [0.25, 0.3) is 0 Å². The zero-order valence-electron chi connectivity index (χ0n) is 10.8. The molecule has 1 N–H and O–H groups in total. The number of hydrogen-bond donors (Lipinski definition) is 1. The van der Waals surface area contributed by atoms with E-state index in [-0.39, 0.29) is 6.04 Å². The lowest BCUT2D eigenvalue weighted by molar-refractivity contribution is 0.749. The number of hydrogen-bond acceptors (Lipinski definition) is 1. The Bertz CT molecular complexity index is 616. The molecule has 1 unspecified atom stereocenters. The molecule has 0 radical (unpaired) electrons. The van der Waals surface area contributed by atoms with Crippen LogP contribution >= 0.6 is 57.4 Å². The minimum absolute atomic E-state index is 0.141. The Morgan fingerprint density at radius 2 is 1.75 bits per heavy atom. The minimum atomic E-state index is 0.141. The van der Waals surface area contributed by atoms with E-state index < -0.39 is 0 Å². The lowest BCUT2D eigenvalue weighted by Gasteiger charge is -2.20. The Hall–Kier alpha value is -0.160. The highest BCUT2D eigenvalue weighted by Gasteiger charge is 2.12. The second kappa shape index (κ2) is 7.21. The molecule has 0 spiro atoms. The van der Waals surface area contributed by atoms with Gasteiger partial charge in [-0.15, -0.1) is 0 Å². The first-order valence-corrected chi connectivity index (χ1v) is 8.39. The predicted molar refractivity (Wildman–Crippen MR) is 97.3 cm³/mol. The summed E-state index contributed by atoms with van der Waals surface area (Å²) in [6.07, 6.45) is 0.917. The minimum Gasteiger partial charge on any atom is -0.377 e. The van der Waals surface area contributed by atoms with Gasteiger partial charge in [0.1, 0.15) is 0 Å². The van der Waals surface area contributed by atoms with Crippen LogP contribution in [-0.2, 0) is 0 Å². The summed E-state index contributed by atoms with van der Waals surface area (Å²) in [5.74, 6) is 0. The van der Waals surface area contributed by atoms with Crippen molar-refractivity contribution in [1.82, 2.24) is 0 Å². The number of halogens is 4. The Balaban J connectivity index is 2.26. The Labute approximate surface area is 147 Å². The third-order valence-corrected chi connectivity index (χ3v) is 4.74. The summed E-state index contributed by atoms with van der Waals surface area (Å²) in [4.78, 5) is 0. The maximum atomic E-state index is 6.26. The van der Waals surface area contributed by atoms with Crippen LogP contribution in [0.2, 0.25) is 15.1 Å². The molecule has 0 saturated heterocycles. The average molecular weight is 441 g/mol. The third kappa shape index (κ3) is 3.94. The van der Waals surface area contributed by atoms with Gasteiger partial charge in [-0.1, -0.05) is 47.8 Å². The molecule has 20 heavy (non-hydrogen) atoms. The molecular formula is C15H13Cl3IN. The molecule has 1 nitrogen and oxygen atoms in total. The maximum Gasteiger partial charge on any atom is 0.0648 e. The molecule has 2 aromatic carbocycles. The van der Waals surface area contributed by atoms with Crippen LogP contribution in [0.4, 0.5) is 5.69 Å². The molecule has 2 rings (SSSR count). The third-order valence-electron chi connectivity index (χ3n) is 3.02. The molecule has 0 bridgehead atoms. The predicted octanol–water partition coefficient (Wildman–Crippen LogP) is 6.81. The van der Waals surface area contributed by atoms with E-state index in [1.165, 1.54) is 0 Å². The fourth-order valence-corrected chi connectivity index (χ4v) is 3.16. The summed E-state index contributed by atoms with van der Waals surface area (Å²) in [7, 11) is 0. The van der Waals surface area contributed by atoms with Gasteiger partial charge >= 0.3 is 0 Å². The van der Waals surface area contributed by atoms with Crippen molar-refractivity contribution in [1.29, 1.82) is 0 Å². The summed E-state index contributed by atoms with van der Waals surface area (Å²) in [6.45, 7) is 2.11. The first-order chi connectivity index (χ1) is 9.51. The summed E-state index contributed by atoms with van der Waals surface area (Å²) in [6, 6.07) is 11.8. The van der Waals surface area contributed by atoms with Crippen molar-refractivity contribution in [2.24, 2.45) is 0 Å². The number of benzene rings is 2. The van der Waals surface area contributed by atoms with Gasteiger partial charge in [0.2, 0.25) is 0 Å². The van der Waals surface area contributed by atoms with Crippen molar-refractivity contribution in [3.05, 3.63) is 60.6 Å².